The van der Waals surface area contributed by atoms with Crippen LogP contribution >= 0.6 is 0 Å². The molecule has 0 bridgehead atoms. The summed E-state index contributed by atoms with van der Waals surface area (Å²) in [4.78, 5) is 8.86. The van der Waals surface area contributed by atoms with Crippen LogP contribution in [0.5, 0.6) is 0 Å². The molecule has 4 rings (SSSR count). The van der Waals surface area contributed by atoms with Crippen molar-refractivity contribution < 1.29 is 4.42 Å². The van der Waals surface area contributed by atoms with Gasteiger partial charge in [0.05, 0.1) is 23.6 Å². The van der Waals surface area contributed by atoms with Crippen molar-refractivity contribution in [3.63, 3.8) is 0 Å². The number of hydrogen-bond acceptors (Lipinski definition) is 4. The zero-order valence-corrected chi connectivity index (χ0v) is 18.0. The monoisotopic (exact) mass is 414 g/mol. The summed E-state index contributed by atoms with van der Waals surface area (Å²) in [6.07, 6.45) is 1.67. The second-order valence-electron chi connectivity index (χ2n) is 7.19. The van der Waals surface area contributed by atoms with Gasteiger partial charge in [-0.1, -0.05) is 36.4 Å². The van der Waals surface area contributed by atoms with Crippen molar-refractivity contribution in [3.05, 3.63) is 89.6 Å². The highest BCUT2D eigenvalue weighted by Gasteiger charge is 2.13. The summed E-state index contributed by atoms with van der Waals surface area (Å²) < 4.78 is 7.58. The van der Waals surface area contributed by atoms with E-state index in [0.717, 1.165) is 33.9 Å². The number of benzene rings is 2. The molecule has 0 fully saturated rings. The van der Waals surface area contributed by atoms with Crippen molar-refractivity contribution in [2.45, 2.75) is 26.9 Å². The summed E-state index contributed by atoms with van der Waals surface area (Å²) in [7, 11) is 1.75. The number of rotatable bonds is 6. The predicted octanol–water partition coefficient (Wildman–Crippen LogP) is 4.01. The van der Waals surface area contributed by atoms with Crippen molar-refractivity contribution in [3.8, 4) is 17.1 Å². The lowest BCUT2D eigenvalue weighted by Gasteiger charge is -2.11. The van der Waals surface area contributed by atoms with Gasteiger partial charge in [-0.25, -0.2) is 9.67 Å². The number of guanidine groups is 1. The summed E-state index contributed by atoms with van der Waals surface area (Å²) in [5, 5.41) is 11.4. The Balaban J connectivity index is 1.38. The summed E-state index contributed by atoms with van der Waals surface area (Å²) in [5.41, 5.74) is 6.07. The number of aromatic nitrogens is 3. The van der Waals surface area contributed by atoms with Crippen molar-refractivity contribution in [1.82, 2.24) is 25.4 Å². The predicted molar refractivity (Wildman–Crippen MR) is 122 cm³/mol. The minimum Gasteiger partial charge on any atom is -0.444 e. The average molecular weight is 415 g/mol. The highest BCUT2D eigenvalue weighted by molar-refractivity contribution is 5.79. The van der Waals surface area contributed by atoms with Gasteiger partial charge in [0.1, 0.15) is 6.26 Å². The molecule has 4 aromatic rings. The Morgan fingerprint density at radius 2 is 1.65 bits per heavy atom. The molecule has 0 saturated heterocycles. The molecule has 0 amide bonds. The van der Waals surface area contributed by atoms with Crippen molar-refractivity contribution >= 4 is 5.96 Å². The topological polar surface area (TPSA) is 80.3 Å². The van der Waals surface area contributed by atoms with Crippen molar-refractivity contribution in [1.29, 1.82) is 0 Å². The summed E-state index contributed by atoms with van der Waals surface area (Å²) >= 11 is 0. The molecule has 0 unspecified atom stereocenters. The Morgan fingerprint density at radius 3 is 2.35 bits per heavy atom. The van der Waals surface area contributed by atoms with Crippen molar-refractivity contribution in [2.24, 2.45) is 4.99 Å². The highest BCUT2D eigenvalue weighted by atomic mass is 16.3. The van der Waals surface area contributed by atoms with Gasteiger partial charge in [-0.05, 0) is 38.1 Å². The standard InChI is InChI=1S/C24H26N6O/c1-17-22(18(2)30(29-17)21-12-8-5-9-13-21)15-27-24(25-3)26-14-20-16-31-23(28-20)19-10-6-4-7-11-19/h4-13,16H,14-15H2,1-3H3,(H2,25,26,27). The quantitative estimate of drug-likeness (QED) is 0.368. The van der Waals surface area contributed by atoms with Crippen LogP contribution in [0.1, 0.15) is 22.6 Å². The van der Waals surface area contributed by atoms with Crippen LogP contribution in [0.4, 0.5) is 0 Å². The average Bonchev–Trinajstić information content (AvgIpc) is 3.40. The molecule has 158 valence electrons. The van der Waals surface area contributed by atoms with Crippen molar-refractivity contribution in [2.75, 3.05) is 7.05 Å². The van der Waals surface area contributed by atoms with E-state index in [4.69, 9.17) is 9.52 Å². The second-order valence-corrected chi connectivity index (χ2v) is 7.19. The second kappa shape index (κ2) is 9.30. The van der Waals surface area contributed by atoms with E-state index in [-0.39, 0.29) is 0 Å². The maximum Gasteiger partial charge on any atom is 0.226 e. The van der Waals surface area contributed by atoms with Gasteiger partial charge in [-0.2, -0.15) is 5.10 Å². The van der Waals surface area contributed by atoms with Crippen LogP contribution in [0.2, 0.25) is 0 Å². The lowest BCUT2D eigenvalue weighted by molar-refractivity contribution is 0.572. The van der Waals surface area contributed by atoms with Gasteiger partial charge in [-0.15, -0.1) is 0 Å². The van der Waals surface area contributed by atoms with Gasteiger partial charge in [0, 0.05) is 30.4 Å². The first kappa shape index (κ1) is 20.4. The zero-order valence-electron chi connectivity index (χ0n) is 18.0. The third-order valence-electron chi connectivity index (χ3n) is 5.11. The molecule has 0 spiro atoms. The maximum absolute atomic E-state index is 5.60. The van der Waals surface area contributed by atoms with E-state index in [2.05, 4.69) is 39.7 Å². The van der Waals surface area contributed by atoms with E-state index in [1.807, 2.05) is 60.1 Å². The zero-order chi connectivity index (χ0) is 21.6. The molecule has 2 N–H and O–H groups in total. The molecule has 2 aromatic carbocycles. The van der Waals surface area contributed by atoms with Gasteiger partial charge < -0.3 is 15.1 Å². The van der Waals surface area contributed by atoms with Gasteiger partial charge in [0.15, 0.2) is 5.96 Å². The van der Waals surface area contributed by atoms with Gasteiger partial charge in [0.25, 0.3) is 0 Å². The third-order valence-corrected chi connectivity index (χ3v) is 5.11. The first-order chi connectivity index (χ1) is 15.2. The molecule has 31 heavy (non-hydrogen) atoms. The fraction of sp³-hybridized carbons (Fsp3) is 0.208. The van der Waals surface area contributed by atoms with E-state index in [1.54, 1.807) is 13.3 Å². The molecule has 0 radical (unpaired) electrons. The van der Waals surface area contributed by atoms with E-state index >= 15 is 0 Å². The minimum atomic E-state index is 0.511. The number of para-hydroxylation sites is 1. The first-order valence-corrected chi connectivity index (χ1v) is 10.2. The Labute approximate surface area is 181 Å². The molecular formula is C24H26N6O. The van der Waals surface area contributed by atoms with Gasteiger partial charge >= 0.3 is 0 Å². The van der Waals surface area contributed by atoms with Crippen LogP contribution in [0.3, 0.4) is 0 Å². The number of nitrogens with one attached hydrogen (secondary N) is 2. The fourth-order valence-electron chi connectivity index (χ4n) is 3.42. The maximum atomic E-state index is 5.60. The summed E-state index contributed by atoms with van der Waals surface area (Å²) in [6.45, 7) is 5.25. The smallest absolute Gasteiger partial charge is 0.226 e. The van der Waals surface area contributed by atoms with Crippen LogP contribution in [0.15, 0.2) is 76.3 Å². The highest BCUT2D eigenvalue weighted by Crippen LogP contribution is 2.19. The first-order valence-electron chi connectivity index (χ1n) is 10.2. The number of nitrogens with zero attached hydrogens (tertiary/aromatic N) is 4. The molecule has 2 heterocycles. The van der Waals surface area contributed by atoms with Crippen LogP contribution in [0, 0.1) is 13.8 Å². The Hall–Kier alpha value is -3.87. The van der Waals surface area contributed by atoms with Gasteiger partial charge in [-0.3, -0.25) is 4.99 Å². The molecular weight excluding hydrogens is 388 g/mol. The number of aryl methyl sites for hydroxylation is 1. The Kier molecular flexibility index (Phi) is 6.12. The molecule has 0 aliphatic heterocycles. The van der Waals surface area contributed by atoms with E-state index in [9.17, 15) is 0 Å². The minimum absolute atomic E-state index is 0.511. The molecule has 7 nitrogen and oxygen atoms in total. The third kappa shape index (κ3) is 4.66. The molecule has 7 heteroatoms. The molecule has 0 saturated carbocycles. The molecule has 0 aliphatic carbocycles. The SMILES string of the molecule is CN=C(NCc1coc(-c2ccccc2)n1)NCc1c(C)nn(-c2ccccc2)c1C. The number of oxazole rings is 1. The number of aliphatic imine (C=N–C) groups is 1. The van der Waals surface area contributed by atoms with Crippen LogP contribution < -0.4 is 10.6 Å². The number of hydrogen-bond donors (Lipinski definition) is 2. The van der Waals surface area contributed by atoms with Crippen LogP contribution in [-0.2, 0) is 13.1 Å². The van der Waals surface area contributed by atoms with Crippen LogP contribution in [-0.4, -0.2) is 27.8 Å². The molecule has 2 aromatic heterocycles. The van der Waals surface area contributed by atoms with Gasteiger partial charge in [0.2, 0.25) is 5.89 Å². The Morgan fingerprint density at radius 1 is 0.968 bits per heavy atom. The summed E-state index contributed by atoms with van der Waals surface area (Å²) in [5.74, 6) is 1.30. The van der Waals surface area contributed by atoms with E-state index < -0.39 is 0 Å². The lowest BCUT2D eigenvalue weighted by Crippen LogP contribution is -2.36. The Bertz CT molecular complexity index is 1160. The van der Waals surface area contributed by atoms with E-state index in [0.29, 0.717) is 24.9 Å². The van der Waals surface area contributed by atoms with Crippen LogP contribution in [0.25, 0.3) is 17.1 Å². The summed E-state index contributed by atoms with van der Waals surface area (Å²) in [6, 6.07) is 20.0. The normalized spacial score (nSPS) is 11.5. The molecule has 0 aliphatic rings. The largest absolute Gasteiger partial charge is 0.444 e. The lowest BCUT2D eigenvalue weighted by atomic mass is 10.2. The molecule has 0 atom stereocenters. The van der Waals surface area contributed by atoms with E-state index in [1.165, 1.54) is 0 Å². The fourth-order valence-corrected chi connectivity index (χ4v) is 3.42.